The van der Waals surface area contributed by atoms with Gasteiger partial charge in [0.2, 0.25) is 0 Å². The normalized spacial score (nSPS) is 27.1. The van der Waals surface area contributed by atoms with Crippen LogP contribution in [0.15, 0.2) is 49.1 Å². The van der Waals surface area contributed by atoms with Crippen molar-refractivity contribution in [3.05, 3.63) is 60.4 Å². The van der Waals surface area contributed by atoms with Gasteiger partial charge in [0, 0.05) is 34.9 Å². The minimum absolute atomic E-state index is 0.110. The maximum atomic E-state index is 5.30. The van der Waals surface area contributed by atoms with Crippen molar-refractivity contribution in [3.63, 3.8) is 0 Å². The molecule has 4 aromatic rings. The van der Waals surface area contributed by atoms with Gasteiger partial charge in [0.1, 0.15) is 5.69 Å². The highest BCUT2D eigenvalue weighted by Gasteiger charge is 2.64. The summed E-state index contributed by atoms with van der Waals surface area (Å²) in [5.74, 6) is 0.841. The second-order valence-electron chi connectivity index (χ2n) is 12.3. The molecule has 6 heterocycles. The van der Waals surface area contributed by atoms with Gasteiger partial charge in [-0.05, 0) is 63.6 Å². The van der Waals surface area contributed by atoms with Crippen LogP contribution in [-0.4, -0.2) is 46.8 Å². The lowest BCUT2D eigenvalue weighted by molar-refractivity contribution is -0.0488. The molecular weight excluding hydrogens is 472 g/mol. The molecule has 2 N–H and O–H groups in total. The zero-order valence-electron chi connectivity index (χ0n) is 22.0. The van der Waals surface area contributed by atoms with Crippen LogP contribution in [0, 0.1) is 6.92 Å². The van der Waals surface area contributed by atoms with Gasteiger partial charge in [-0.15, -0.1) is 0 Å². The fourth-order valence-corrected chi connectivity index (χ4v) is 7.94. The molecule has 194 valence electrons. The number of aromatic nitrogens is 6. The first-order valence-electron chi connectivity index (χ1n) is 14.2. The molecule has 2 saturated carbocycles. The molecule has 2 unspecified atom stereocenters. The van der Waals surface area contributed by atoms with Gasteiger partial charge < -0.3 is 5.32 Å². The molecule has 8 heteroatoms. The van der Waals surface area contributed by atoms with Crippen LogP contribution in [0.3, 0.4) is 0 Å². The van der Waals surface area contributed by atoms with Crippen LogP contribution in [0.25, 0.3) is 28.1 Å². The van der Waals surface area contributed by atoms with Gasteiger partial charge in [0.05, 0.1) is 40.5 Å². The van der Waals surface area contributed by atoms with E-state index in [9.17, 15) is 0 Å². The lowest BCUT2D eigenvalue weighted by Gasteiger charge is -2.65. The highest BCUT2D eigenvalue weighted by molar-refractivity contribution is 5.82. The first-order chi connectivity index (χ1) is 18.6. The summed E-state index contributed by atoms with van der Waals surface area (Å²) >= 11 is 0. The van der Waals surface area contributed by atoms with E-state index in [0.717, 1.165) is 39.5 Å². The minimum Gasteiger partial charge on any atom is -0.306 e. The molecule has 0 radical (unpaired) electrons. The van der Waals surface area contributed by atoms with E-state index in [-0.39, 0.29) is 5.54 Å². The second-order valence-corrected chi connectivity index (χ2v) is 12.3. The molecule has 0 amide bonds. The quantitative estimate of drug-likeness (QED) is 0.412. The molecule has 8 rings (SSSR count). The summed E-state index contributed by atoms with van der Waals surface area (Å²) in [7, 11) is 0. The minimum atomic E-state index is -0.110. The van der Waals surface area contributed by atoms with E-state index in [1.54, 1.807) is 12.4 Å². The van der Waals surface area contributed by atoms with Crippen LogP contribution in [0.2, 0.25) is 0 Å². The number of pyridine rings is 2. The van der Waals surface area contributed by atoms with Gasteiger partial charge >= 0.3 is 0 Å². The van der Waals surface area contributed by atoms with Gasteiger partial charge in [-0.2, -0.15) is 5.10 Å². The third kappa shape index (κ3) is 3.39. The molecule has 38 heavy (non-hydrogen) atoms. The van der Waals surface area contributed by atoms with Gasteiger partial charge in [-0.3, -0.25) is 15.3 Å². The van der Waals surface area contributed by atoms with Gasteiger partial charge in [0.15, 0.2) is 5.82 Å². The highest BCUT2D eigenvalue weighted by atomic mass is 15.3. The zero-order chi connectivity index (χ0) is 25.4. The average Bonchev–Trinajstić information content (AvgIpc) is 3.66. The van der Waals surface area contributed by atoms with E-state index in [0.29, 0.717) is 17.1 Å². The molecule has 2 saturated heterocycles. The van der Waals surface area contributed by atoms with Crippen molar-refractivity contribution >= 4 is 10.9 Å². The summed E-state index contributed by atoms with van der Waals surface area (Å²) in [6, 6.07) is 8.90. The third-order valence-corrected chi connectivity index (χ3v) is 9.78. The Morgan fingerprint density at radius 3 is 2.42 bits per heavy atom. The first kappa shape index (κ1) is 22.7. The number of rotatable bonds is 4. The average molecular weight is 507 g/mol. The Kier molecular flexibility index (Phi) is 4.86. The maximum Gasteiger partial charge on any atom is 0.154 e. The lowest BCUT2D eigenvalue weighted by atomic mass is 9.59. The summed E-state index contributed by atoms with van der Waals surface area (Å²) < 4.78 is 1.94. The number of nitrogens with zero attached hydrogens (tertiary/aromatic N) is 6. The summed E-state index contributed by atoms with van der Waals surface area (Å²) in [4.78, 5) is 18.8. The van der Waals surface area contributed by atoms with Crippen LogP contribution in [0.5, 0.6) is 0 Å². The Morgan fingerprint density at radius 2 is 1.66 bits per heavy atom. The fourth-order valence-electron chi connectivity index (χ4n) is 7.94. The molecule has 0 bridgehead atoms. The second kappa shape index (κ2) is 8.13. The molecule has 4 aliphatic rings. The molecule has 8 nitrogen and oxygen atoms in total. The van der Waals surface area contributed by atoms with Crippen LogP contribution >= 0.6 is 0 Å². The number of hydrogen-bond acceptors (Lipinski definition) is 7. The Balaban J connectivity index is 1.17. The van der Waals surface area contributed by atoms with Crippen LogP contribution in [0.4, 0.5) is 0 Å². The number of hydrogen-bond donors (Lipinski definition) is 2. The van der Waals surface area contributed by atoms with E-state index in [2.05, 4.69) is 43.8 Å². The highest BCUT2D eigenvalue weighted by Crippen LogP contribution is 2.56. The van der Waals surface area contributed by atoms with Crippen molar-refractivity contribution in [3.8, 4) is 17.2 Å². The molecular formula is C30H34N8. The van der Waals surface area contributed by atoms with Gasteiger partial charge in [-0.25, -0.2) is 14.6 Å². The lowest BCUT2D eigenvalue weighted by Crippen LogP contribution is -2.81. The Hall–Kier alpha value is -3.23. The summed E-state index contributed by atoms with van der Waals surface area (Å²) in [6.45, 7) is 1.94. The third-order valence-electron chi connectivity index (χ3n) is 9.78. The van der Waals surface area contributed by atoms with Crippen molar-refractivity contribution < 1.29 is 0 Å². The van der Waals surface area contributed by atoms with Gasteiger partial charge in [0.25, 0.3) is 0 Å². The summed E-state index contributed by atoms with van der Waals surface area (Å²) in [5, 5.41) is 13.9. The standard InChI is InChI=1S/C30H34N8/c1-20-15-31-18-23(34-20)22-13-24-21(16-32-22)17-33-38(24)27-8-6-7-25(35-27)30(19-29(37-30)11-4-5-12-29)26-14-28(36-26)9-2-3-10-28/h6-8,13,15-18,26,36-37H,2-5,9-12,14,19H2,1H3. The van der Waals surface area contributed by atoms with E-state index < -0.39 is 0 Å². The van der Waals surface area contributed by atoms with E-state index in [1.807, 2.05) is 30.1 Å². The zero-order valence-corrected chi connectivity index (χ0v) is 22.0. The molecule has 2 atom stereocenters. The van der Waals surface area contributed by atoms with E-state index in [4.69, 9.17) is 10.1 Å². The number of nitrogens with one attached hydrogen (secondary N) is 2. The smallest absolute Gasteiger partial charge is 0.154 e. The number of aryl methyl sites for hydroxylation is 1. The van der Waals surface area contributed by atoms with Crippen LogP contribution < -0.4 is 10.6 Å². The van der Waals surface area contributed by atoms with E-state index >= 15 is 0 Å². The molecule has 2 spiro atoms. The monoisotopic (exact) mass is 506 g/mol. The number of fused-ring (bicyclic) bond motifs is 1. The van der Waals surface area contributed by atoms with Crippen molar-refractivity contribution in [1.29, 1.82) is 0 Å². The van der Waals surface area contributed by atoms with E-state index in [1.165, 1.54) is 64.2 Å². The van der Waals surface area contributed by atoms with Crippen molar-refractivity contribution in [2.75, 3.05) is 0 Å². The van der Waals surface area contributed by atoms with Gasteiger partial charge in [-0.1, -0.05) is 31.7 Å². The predicted molar refractivity (Wildman–Crippen MR) is 146 cm³/mol. The fraction of sp³-hybridized carbons (Fsp3) is 0.500. The Morgan fingerprint density at radius 1 is 0.895 bits per heavy atom. The molecule has 4 fully saturated rings. The predicted octanol–water partition coefficient (Wildman–Crippen LogP) is 4.76. The first-order valence-corrected chi connectivity index (χ1v) is 14.2. The SMILES string of the molecule is Cc1cncc(-c2cc3c(cn2)cnn3-c2cccc(C3(C4CC5(CCCC5)N4)CC4(CCCC4)N3)n2)n1. The Labute approximate surface area is 222 Å². The van der Waals surface area contributed by atoms with Crippen molar-refractivity contribution in [2.45, 2.75) is 93.8 Å². The molecule has 4 aromatic heterocycles. The largest absolute Gasteiger partial charge is 0.306 e. The molecule has 2 aliphatic carbocycles. The topological polar surface area (TPSA) is 93.4 Å². The summed E-state index contributed by atoms with van der Waals surface area (Å²) in [6.07, 6.45) is 20.2. The Bertz CT molecular complexity index is 1510. The van der Waals surface area contributed by atoms with Crippen molar-refractivity contribution in [2.24, 2.45) is 0 Å². The van der Waals surface area contributed by atoms with Crippen LogP contribution in [0.1, 0.15) is 75.6 Å². The molecule has 2 aliphatic heterocycles. The molecule has 0 aromatic carbocycles. The van der Waals surface area contributed by atoms with Crippen LogP contribution in [-0.2, 0) is 5.54 Å². The maximum absolute atomic E-state index is 5.30. The van der Waals surface area contributed by atoms with Crippen molar-refractivity contribution in [1.82, 2.24) is 40.3 Å². The summed E-state index contributed by atoms with van der Waals surface area (Å²) in [5.41, 5.74) is 5.08.